The van der Waals surface area contributed by atoms with Crippen LogP contribution in [0.5, 0.6) is 0 Å². The monoisotopic (exact) mass is 831 g/mol. The molecule has 0 rings (SSSR count). The molecule has 0 saturated carbocycles. The fourth-order valence-electron chi connectivity index (χ4n) is 9.08. The molecule has 0 fully saturated rings. The van der Waals surface area contributed by atoms with E-state index in [4.69, 9.17) is 4.74 Å². The Labute approximate surface area is 372 Å². The number of rotatable bonds is 52. The van der Waals surface area contributed by atoms with Crippen LogP contribution in [-0.2, 0) is 14.3 Å². The van der Waals surface area contributed by atoms with Crippen molar-refractivity contribution < 1.29 is 14.3 Å². The molecule has 352 valence electrons. The van der Waals surface area contributed by atoms with E-state index in [1.165, 1.54) is 263 Å². The third-order valence-corrected chi connectivity index (χ3v) is 13.3. The number of carbonyl (C=O) groups is 2. The third kappa shape index (κ3) is 46.5. The SMILES string of the molecule is CCCCCCCCCCCCCCCCCCCCCCCCCCCCCC(=O)C(CCCCCCCCCCCCCCCC)C(=O)OCCCCCCCC. The molecule has 1 atom stereocenters. The van der Waals surface area contributed by atoms with Crippen LogP contribution in [0.3, 0.4) is 0 Å². The first-order valence-corrected chi connectivity index (χ1v) is 27.9. The van der Waals surface area contributed by atoms with Gasteiger partial charge in [-0.15, -0.1) is 0 Å². The molecule has 0 spiro atoms. The summed E-state index contributed by atoms with van der Waals surface area (Å²) in [6, 6.07) is 0. The molecule has 0 amide bonds. The van der Waals surface area contributed by atoms with E-state index in [-0.39, 0.29) is 11.8 Å². The molecule has 0 aromatic rings. The highest BCUT2D eigenvalue weighted by molar-refractivity contribution is 5.98. The van der Waals surface area contributed by atoms with Crippen molar-refractivity contribution in [3.63, 3.8) is 0 Å². The predicted molar refractivity (Wildman–Crippen MR) is 263 cm³/mol. The number of ether oxygens (including phenoxy) is 1. The largest absolute Gasteiger partial charge is 0.465 e. The zero-order valence-electron chi connectivity index (χ0n) is 41.2. The van der Waals surface area contributed by atoms with Gasteiger partial charge in [-0.25, -0.2) is 0 Å². The number of hydrogen-bond donors (Lipinski definition) is 0. The van der Waals surface area contributed by atoms with Gasteiger partial charge >= 0.3 is 5.97 Å². The average molecular weight is 831 g/mol. The van der Waals surface area contributed by atoms with Crippen molar-refractivity contribution in [3.05, 3.63) is 0 Å². The Morgan fingerprint density at radius 1 is 0.288 bits per heavy atom. The van der Waals surface area contributed by atoms with Gasteiger partial charge in [0, 0.05) is 6.42 Å². The van der Waals surface area contributed by atoms with Gasteiger partial charge in [0.1, 0.15) is 11.7 Å². The number of unbranched alkanes of at least 4 members (excludes halogenated alkanes) is 44. The molecular weight excluding hydrogens is 721 g/mol. The summed E-state index contributed by atoms with van der Waals surface area (Å²) >= 11 is 0. The van der Waals surface area contributed by atoms with Gasteiger partial charge in [-0.05, 0) is 19.3 Å². The molecule has 0 bridgehead atoms. The molecular formula is C56H110O3. The van der Waals surface area contributed by atoms with Crippen LogP contribution in [0.2, 0.25) is 0 Å². The van der Waals surface area contributed by atoms with E-state index in [0.717, 1.165) is 38.5 Å². The van der Waals surface area contributed by atoms with Crippen LogP contribution >= 0.6 is 0 Å². The Hall–Kier alpha value is -0.860. The minimum Gasteiger partial charge on any atom is -0.465 e. The number of carbonyl (C=O) groups excluding carboxylic acids is 2. The van der Waals surface area contributed by atoms with Crippen LogP contribution in [0, 0.1) is 5.92 Å². The molecule has 0 aromatic heterocycles. The van der Waals surface area contributed by atoms with Crippen molar-refractivity contribution in [1.29, 1.82) is 0 Å². The van der Waals surface area contributed by atoms with Gasteiger partial charge in [-0.3, -0.25) is 9.59 Å². The van der Waals surface area contributed by atoms with Gasteiger partial charge in [-0.1, -0.05) is 310 Å². The second kappa shape index (κ2) is 51.5. The Kier molecular flexibility index (Phi) is 50.7. The fourth-order valence-corrected chi connectivity index (χ4v) is 9.08. The minimum atomic E-state index is -0.531. The highest BCUT2D eigenvalue weighted by Crippen LogP contribution is 2.21. The van der Waals surface area contributed by atoms with Gasteiger partial charge in [0.05, 0.1) is 6.61 Å². The molecule has 0 N–H and O–H groups in total. The average Bonchev–Trinajstić information content (AvgIpc) is 3.24. The highest BCUT2D eigenvalue weighted by atomic mass is 16.5. The Morgan fingerprint density at radius 3 is 0.780 bits per heavy atom. The van der Waals surface area contributed by atoms with Crippen molar-refractivity contribution in [2.24, 2.45) is 5.92 Å². The molecule has 0 aliphatic carbocycles. The maximum atomic E-state index is 13.3. The van der Waals surface area contributed by atoms with Gasteiger partial charge in [-0.2, -0.15) is 0 Å². The molecule has 0 heterocycles. The van der Waals surface area contributed by atoms with Crippen molar-refractivity contribution in [1.82, 2.24) is 0 Å². The van der Waals surface area contributed by atoms with Crippen LogP contribution in [0.4, 0.5) is 0 Å². The summed E-state index contributed by atoms with van der Waals surface area (Å²) in [5.41, 5.74) is 0. The van der Waals surface area contributed by atoms with Gasteiger partial charge in [0.25, 0.3) is 0 Å². The first-order chi connectivity index (χ1) is 29.2. The summed E-state index contributed by atoms with van der Waals surface area (Å²) in [6.45, 7) is 7.31. The van der Waals surface area contributed by atoms with Crippen LogP contribution in [-0.4, -0.2) is 18.4 Å². The van der Waals surface area contributed by atoms with Crippen molar-refractivity contribution in [3.8, 4) is 0 Å². The van der Waals surface area contributed by atoms with E-state index in [2.05, 4.69) is 20.8 Å². The molecule has 59 heavy (non-hydrogen) atoms. The normalized spacial score (nSPS) is 12.1. The van der Waals surface area contributed by atoms with Gasteiger partial charge in [0.15, 0.2) is 0 Å². The van der Waals surface area contributed by atoms with Gasteiger partial charge < -0.3 is 4.74 Å². The lowest BCUT2D eigenvalue weighted by atomic mass is 9.92. The molecule has 3 nitrogen and oxygen atoms in total. The molecule has 0 radical (unpaired) electrons. The second-order valence-electron chi connectivity index (χ2n) is 19.3. The Morgan fingerprint density at radius 2 is 0.508 bits per heavy atom. The summed E-state index contributed by atoms with van der Waals surface area (Å²) in [5, 5.41) is 0. The summed E-state index contributed by atoms with van der Waals surface area (Å²) in [4.78, 5) is 26.4. The summed E-state index contributed by atoms with van der Waals surface area (Å²) in [7, 11) is 0. The maximum Gasteiger partial charge on any atom is 0.316 e. The lowest BCUT2D eigenvalue weighted by molar-refractivity contribution is -0.152. The summed E-state index contributed by atoms with van der Waals surface area (Å²) in [6.07, 6.45) is 64.4. The molecule has 0 saturated heterocycles. The zero-order chi connectivity index (χ0) is 42.8. The van der Waals surface area contributed by atoms with E-state index in [1.54, 1.807) is 0 Å². The number of hydrogen-bond acceptors (Lipinski definition) is 3. The lowest BCUT2D eigenvalue weighted by Crippen LogP contribution is -2.26. The quantitative estimate of drug-likeness (QED) is 0.0348. The van der Waals surface area contributed by atoms with Crippen LogP contribution in [0.1, 0.15) is 335 Å². The molecule has 3 heteroatoms. The van der Waals surface area contributed by atoms with E-state index in [1.807, 2.05) is 0 Å². The van der Waals surface area contributed by atoms with E-state index >= 15 is 0 Å². The fraction of sp³-hybridized carbons (Fsp3) is 0.964. The van der Waals surface area contributed by atoms with E-state index in [9.17, 15) is 9.59 Å². The summed E-state index contributed by atoms with van der Waals surface area (Å²) in [5.74, 6) is -0.619. The third-order valence-electron chi connectivity index (χ3n) is 13.3. The van der Waals surface area contributed by atoms with Gasteiger partial charge in [0.2, 0.25) is 0 Å². The smallest absolute Gasteiger partial charge is 0.316 e. The first-order valence-electron chi connectivity index (χ1n) is 27.9. The van der Waals surface area contributed by atoms with Crippen LogP contribution < -0.4 is 0 Å². The predicted octanol–water partition coefficient (Wildman–Crippen LogP) is 19.9. The van der Waals surface area contributed by atoms with Crippen LogP contribution in [0.15, 0.2) is 0 Å². The van der Waals surface area contributed by atoms with Crippen LogP contribution in [0.25, 0.3) is 0 Å². The van der Waals surface area contributed by atoms with E-state index in [0.29, 0.717) is 19.4 Å². The highest BCUT2D eigenvalue weighted by Gasteiger charge is 2.27. The molecule has 0 aromatic carbocycles. The maximum absolute atomic E-state index is 13.3. The summed E-state index contributed by atoms with van der Waals surface area (Å²) < 4.78 is 5.70. The van der Waals surface area contributed by atoms with Crippen molar-refractivity contribution in [2.75, 3.05) is 6.61 Å². The number of Topliss-reactive ketones (excluding diaryl/α,β-unsaturated/α-hetero) is 1. The molecule has 0 aliphatic heterocycles. The second-order valence-corrected chi connectivity index (χ2v) is 19.3. The van der Waals surface area contributed by atoms with Crippen molar-refractivity contribution >= 4 is 11.8 Å². The number of esters is 1. The zero-order valence-corrected chi connectivity index (χ0v) is 41.2. The Bertz CT molecular complexity index is 807. The molecule has 1 unspecified atom stereocenters. The lowest BCUT2D eigenvalue weighted by Gasteiger charge is -2.15. The van der Waals surface area contributed by atoms with E-state index < -0.39 is 5.92 Å². The van der Waals surface area contributed by atoms with Crippen molar-refractivity contribution in [2.45, 2.75) is 335 Å². The standard InChI is InChI=1S/C56H110O3/c1-4-7-10-13-16-18-20-22-24-25-26-27-28-29-30-31-32-33-34-35-36-38-40-42-44-46-49-52-55(57)54(56(58)59-53-50-47-15-12-9-6-3)51-48-45-43-41-39-37-23-21-19-17-14-11-8-5-2/h54H,4-53H2,1-3H3. The molecule has 0 aliphatic rings. The topological polar surface area (TPSA) is 43.4 Å². The minimum absolute atomic E-state index is 0.146. The number of ketones is 1. The first kappa shape index (κ1) is 58.1. The Balaban J connectivity index is 3.87.